The molecule has 0 aliphatic heterocycles. The lowest BCUT2D eigenvalue weighted by Gasteiger charge is -2.20. The van der Waals surface area contributed by atoms with Gasteiger partial charge >= 0.3 is 5.97 Å². The molecule has 1 aliphatic carbocycles. The summed E-state index contributed by atoms with van der Waals surface area (Å²) >= 11 is 0. The number of carboxylic acid groups (broad SMARTS) is 1. The summed E-state index contributed by atoms with van der Waals surface area (Å²) in [6.07, 6.45) is 4.81. The maximum absolute atomic E-state index is 10.5. The van der Waals surface area contributed by atoms with Crippen LogP contribution in [0.15, 0.2) is 6.20 Å². The van der Waals surface area contributed by atoms with Crippen molar-refractivity contribution in [3.8, 4) is 0 Å². The van der Waals surface area contributed by atoms with Crippen LogP contribution in [0.5, 0.6) is 0 Å². The first-order valence-corrected chi connectivity index (χ1v) is 5.20. The zero-order chi connectivity index (χ0) is 10.8. The maximum atomic E-state index is 10.5. The molecular formula is C11H14N2O2. The van der Waals surface area contributed by atoms with E-state index in [2.05, 4.69) is 16.9 Å². The highest BCUT2D eigenvalue weighted by molar-refractivity contribution is 5.68. The van der Waals surface area contributed by atoms with Crippen LogP contribution in [0.3, 0.4) is 0 Å². The van der Waals surface area contributed by atoms with E-state index < -0.39 is 5.97 Å². The first-order chi connectivity index (χ1) is 7.15. The highest BCUT2D eigenvalue weighted by Gasteiger charge is 2.17. The first kappa shape index (κ1) is 10.1. The number of carbonyl (C=O) groups is 1. The summed E-state index contributed by atoms with van der Waals surface area (Å²) in [7, 11) is 0. The van der Waals surface area contributed by atoms with Crippen molar-refractivity contribution in [1.29, 1.82) is 0 Å². The van der Waals surface area contributed by atoms with Gasteiger partial charge in [0.05, 0.1) is 0 Å². The molecular weight excluding hydrogens is 192 g/mol. The number of aromatic nitrogens is 2. The molecule has 4 heteroatoms. The Kier molecular flexibility index (Phi) is 2.66. The number of hydrogen-bond acceptors (Lipinski definition) is 3. The Morgan fingerprint density at radius 3 is 3.20 bits per heavy atom. The summed E-state index contributed by atoms with van der Waals surface area (Å²) < 4.78 is 0. The van der Waals surface area contributed by atoms with Gasteiger partial charge in [-0.15, -0.1) is 0 Å². The number of aryl methyl sites for hydroxylation is 1. The monoisotopic (exact) mass is 206 g/mol. The Hall–Kier alpha value is -1.45. The molecule has 0 saturated carbocycles. The molecule has 2 rings (SSSR count). The predicted octanol–water partition coefficient (Wildman–Crippen LogP) is 1.23. The van der Waals surface area contributed by atoms with Gasteiger partial charge in [-0.05, 0) is 30.7 Å². The molecule has 1 aliphatic rings. The van der Waals surface area contributed by atoms with E-state index in [4.69, 9.17) is 5.11 Å². The van der Waals surface area contributed by atoms with Crippen LogP contribution in [0.25, 0.3) is 0 Å². The average Bonchev–Trinajstić information content (AvgIpc) is 2.17. The van der Waals surface area contributed by atoms with Crippen LogP contribution < -0.4 is 0 Å². The molecule has 1 aromatic rings. The fourth-order valence-corrected chi connectivity index (χ4v) is 1.95. The summed E-state index contributed by atoms with van der Waals surface area (Å²) in [5.41, 5.74) is 2.22. The first-order valence-electron chi connectivity index (χ1n) is 5.20. The molecule has 0 amide bonds. The molecule has 1 heterocycles. The van der Waals surface area contributed by atoms with Crippen LogP contribution in [-0.4, -0.2) is 21.0 Å². The van der Waals surface area contributed by atoms with Crippen LogP contribution in [-0.2, 0) is 24.1 Å². The quantitative estimate of drug-likeness (QED) is 0.790. The second-order valence-corrected chi connectivity index (χ2v) is 4.18. The molecule has 1 aromatic heterocycles. The standard InChI is InChI=1S/C11H14N2O2/c1-7-2-3-9-8(4-7)6-12-10(13-9)5-11(14)15/h6-7H,2-5H2,1H3,(H,14,15). The number of fused-ring (bicyclic) bond motifs is 1. The van der Waals surface area contributed by atoms with Crippen molar-refractivity contribution in [2.24, 2.45) is 5.92 Å². The summed E-state index contributed by atoms with van der Waals surface area (Å²) in [5.74, 6) is 0.237. The van der Waals surface area contributed by atoms with Gasteiger partial charge in [-0.2, -0.15) is 0 Å². The van der Waals surface area contributed by atoms with Gasteiger partial charge < -0.3 is 5.11 Å². The Morgan fingerprint density at radius 2 is 2.47 bits per heavy atom. The highest BCUT2D eigenvalue weighted by Crippen LogP contribution is 2.23. The molecule has 0 bridgehead atoms. The Bertz CT molecular complexity index is 390. The molecule has 80 valence electrons. The molecule has 1 atom stereocenters. The van der Waals surface area contributed by atoms with Crippen LogP contribution >= 0.6 is 0 Å². The lowest BCUT2D eigenvalue weighted by Crippen LogP contribution is -2.16. The van der Waals surface area contributed by atoms with Crippen molar-refractivity contribution < 1.29 is 9.90 Å². The van der Waals surface area contributed by atoms with E-state index in [-0.39, 0.29) is 6.42 Å². The van der Waals surface area contributed by atoms with Crippen molar-refractivity contribution in [2.75, 3.05) is 0 Å². The molecule has 0 fully saturated rings. The fraction of sp³-hybridized carbons (Fsp3) is 0.545. The van der Waals surface area contributed by atoms with Crippen molar-refractivity contribution in [2.45, 2.75) is 32.6 Å². The molecule has 0 radical (unpaired) electrons. The summed E-state index contributed by atoms with van der Waals surface area (Å²) in [6.45, 7) is 2.22. The van der Waals surface area contributed by atoms with Gasteiger partial charge in [0.25, 0.3) is 0 Å². The Labute approximate surface area is 88.4 Å². The van der Waals surface area contributed by atoms with Crippen LogP contribution in [0.2, 0.25) is 0 Å². The minimum absolute atomic E-state index is 0.0805. The Morgan fingerprint density at radius 1 is 1.67 bits per heavy atom. The smallest absolute Gasteiger partial charge is 0.311 e. The van der Waals surface area contributed by atoms with Crippen molar-refractivity contribution in [1.82, 2.24) is 9.97 Å². The summed E-state index contributed by atoms with van der Waals surface area (Å²) in [5, 5.41) is 8.63. The van der Waals surface area contributed by atoms with Gasteiger partial charge in [-0.3, -0.25) is 4.79 Å². The lowest BCUT2D eigenvalue weighted by atomic mass is 9.89. The lowest BCUT2D eigenvalue weighted by molar-refractivity contribution is -0.136. The van der Waals surface area contributed by atoms with E-state index in [1.807, 2.05) is 0 Å². The van der Waals surface area contributed by atoms with E-state index >= 15 is 0 Å². The van der Waals surface area contributed by atoms with Crippen LogP contribution in [0.4, 0.5) is 0 Å². The summed E-state index contributed by atoms with van der Waals surface area (Å²) in [6, 6.07) is 0. The molecule has 15 heavy (non-hydrogen) atoms. The molecule has 0 saturated heterocycles. The third-order valence-electron chi connectivity index (χ3n) is 2.76. The second-order valence-electron chi connectivity index (χ2n) is 4.18. The highest BCUT2D eigenvalue weighted by atomic mass is 16.4. The van der Waals surface area contributed by atoms with Crippen molar-refractivity contribution in [3.63, 3.8) is 0 Å². The van der Waals surface area contributed by atoms with E-state index in [1.165, 1.54) is 5.56 Å². The number of aliphatic carboxylic acids is 1. The molecule has 1 unspecified atom stereocenters. The SMILES string of the molecule is CC1CCc2nc(CC(=O)O)ncc2C1. The molecule has 0 spiro atoms. The largest absolute Gasteiger partial charge is 0.481 e. The maximum Gasteiger partial charge on any atom is 0.311 e. The molecule has 0 aromatic carbocycles. The zero-order valence-electron chi connectivity index (χ0n) is 8.73. The zero-order valence-corrected chi connectivity index (χ0v) is 8.73. The van der Waals surface area contributed by atoms with Gasteiger partial charge in [0.1, 0.15) is 12.2 Å². The van der Waals surface area contributed by atoms with Crippen LogP contribution in [0.1, 0.15) is 30.4 Å². The van der Waals surface area contributed by atoms with Gasteiger partial charge in [0.2, 0.25) is 0 Å². The van der Waals surface area contributed by atoms with Gasteiger partial charge in [0.15, 0.2) is 0 Å². The average molecular weight is 206 g/mol. The Balaban J connectivity index is 2.23. The number of rotatable bonds is 2. The topological polar surface area (TPSA) is 63.1 Å². The van der Waals surface area contributed by atoms with E-state index in [9.17, 15) is 4.79 Å². The van der Waals surface area contributed by atoms with E-state index in [0.29, 0.717) is 11.7 Å². The minimum Gasteiger partial charge on any atom is -0.481 e. The minimum atomic E-state index is -0.876. The van der Waals surface area contributed by atoms with Gasteiger partial charge in [0, 0.05) is 11.9 Å². The van der Waals surface area contributed by atoms with Gasteiger partial charge in [-0.1, -0.05) is 6.92 Å². The second kappa shape index (κ2) is 3.96. The molecule has 4 nitrogen and oxygen atoms in total. The van der Waals surface area contributed by atoms with E-state index in [0.717, 1.165) is 25.0 Å². The molecule has 1 N–H and O–H groups in total. The van der Waals surface area contributed by atoms with Crippen molar-refractivity contribution in [3.05, 3.63) is 23.3 Å². The van der Waals surface area contributed by atoms with Crippen molar-refractivity contribution >= 4 is 5.97 Å². The third-order valence-corrected chi connectivity index (χ3v) is 2.76. The van der Waals surface area contributed by atoms with E-state index in [1.54, 1.807) is 6.20 Å². The predicted molar refractivity (Wildman–Crippen MR) is 54.6 cm³/mol. The number of hydrogen-bond donors (Lipinski definition) is 1. The number of carboxylic acids is 1. The normalized spacial score (nSPS) is 19.7. The summed E-state index contributed by atoms with van der Waals surface area (Å²) in [4.78, 5) is 18.9. The van der Waals surface area contributed by atoms with Crippen LogP contribution in [0, 0.1) is 5.92 Å². The number of nitrogens with zero attached hydrogens (tertiary/aromatic N) is 2. The van der Waals surface area contributed by atoms with Gasteiger partial charge in [-0.25, -0.2) is 9.97 Å². The fourth-order valence-electron chi connectivity index (χ4n) is 1.95. The third kappa shape index (κ3) is 2.32.